The summed E-state index contributed by atoms with van der Waals surface area (Å²) in [5.41, 5.74) is 5.30. The Bertz CT molecular complexity index is 182. The molecule has 0 aromatic rings. The van der Waals surface area contributed by atoms with Crippen molar-refractivity contribution in [1.29, 1.82) is 0 Å². The Morgan fingerprint density at radius 2 is 2.31 bits per heavy atom. The van der Waals surface area contributed by atoms with E-state index in [4.69, 9.17) is 5.73 Å². The lowest BCUT2D eigenvalue weighted by Gasteiger charge is -2.23. The monoisotopic (exact) mass is 185 g/mol. The van der Waals surface area contributed by atoms with E-state index in [9.17, 15) is 4.79 Å². The van der Waals surface area contributed by atoms with Crippen LogP contribution in [0.3, 0.4) is 0 Å². The van der Waals surface area contributed by atoms with Crippen LogP contribution in [0.15, 0.2) is 0 Å². The van der Waals surface area contributed by atoms with Gasteiger partial charge < -0.3 is 10.6 Å². The van der Waals surface area contributed by atoms with Gasteiger partial charge in [0.2, 0.25) is 5.91 Å². The molecule has 1 aliphatic rings. The number of hydrogen-bond donors (Lipinski definition) is 1. The van der Waals surface area contributed by atoms with E-state index in [2.05, 4.69) is 9.80 Å². The average molecular weight is 185 g/mol. The van der Waals surface area contributed by atoms with Gasteiger partial charge in [-0.3, -0.25) is 9.69 Å². The number of hydrogen-bond acceptors (Lipinski definition) is 3. The molecule has 1 fully saturated rings. The summed E-state index contributed by atoms with van der Waals surface area (Å²) < 4.78 is 0. The summed E-state index contributed by atoms with van der Waals surface area (Å²) in [6, 6.07) is -0.0139. The van der Waals surface area contributed by atoms with E-state index in [1.807, 2.05) is 14.1 Å². The van der Waals surface area contributed by atoms with Crippen molar-refractivity contribution < 1.29 is 4.79 Å². The first-order chi connectivity index (χ1) is 6.11. The molecule has 1 aliphatic heterocycles. The Morgan fingerprint density at radius 3 is 2.85 bits per heavy atom. The second-order valence-electron chi connectivity index (χ2n) is 3.90. The maximum absolute atomic E-state index is 11.0. The maximum Gasteiger partial charge on any atom is 0.234 e. The van der Waals surface area contributed by atoms with Crippen molar-refractivity contribution in [1.82, 2.24) is 9.80 Å². The smallest absolute Gasteiger partial charge is 0.234 e. The highest BCUT2D eigenvalue weighted by molar-refractivity contribution is 5.80. The van der Waals surface area contributed by atoms with Gasteiger partial charge in [-0.1, -0.05) is 0 Å². The molecular formula is C9H19N3O. The van der Waals surface area contributed by atoms with Gasteiger partial charge in [-0.25, -0.2) is 0 Å². The molecule has 0 spiro atoms. The van der Waals surface area contributed by atoms with E-state index in [0.29, 0.717) is 0 Å². The average Bonchev–Trinajstić information content (AvgIpc) is 2.47. The number of likely N-dealkylation sites (tertiary alicyclic amines) is 1. The topological polar surface area (TPSA) is 49.6 Å². The molecule has 1 heterocycles. The molecule has 2 N–H and O–H groups in total. The molecule has 0 unspecified atom stereocenters. The minimum atomic E-state index is -0.170. The fourth-order valence-electron chi connectivity index (χ4n) is 1.74. The maximum atomic E-state index is 11.0. The van der Waals surface area contributed by atoms with Gasteiger partial charge in [-0.2, -0.15) is 0 Å². The molecular weight excluding hydrogens is 166 g/mol. The number of carbonyl (C=O) groups is 1. The van der Waals surface area contributed by atoms with Crippen LogP contribution in [0.5, 0.6) is 0 Å². The van der Waals surface area contributed by atoms with Crippen molar-refractivity contribution in [3.63, 3.8) is 0 Å². The normalized spacial score (nSPS) is 24.1. The second-order valence-corrected chi connectivity index (χ2v) is 3.90. The number of carbonyl (C=O) groups excluding carboxylic acids is 1. The van der Waals surface area contributed by atoms with Gasteiger partial charge in [0.15, 0.2) is 0 Å². The predicted octanol–water partition coefficient (Wildman–Crippen LogP) is -0.502. The molecule has 13 heavy (non-hydrogen) atoms. The number of primary amides is 1. The van der Waals surface area contributed by atoms with E-state index in [1.165, 1.54) is 0 Å². The van der Waals surface area contributed by atoms with Crippen molar-refractivity contribution in [3.05, 3.63) is 0 Å². The summed E-state index contributed by atoms with van der Waals surface area (Å²) >= 11 is 0. The highest BCUT2D eigenvalue weighted by Gasteiger charge is 2.28. The van der Waals surface area contributed by atoms with Crippen LogP contribution in [0, 0.1) is 0 Å². The van der Waals surface area contributed by atoms with Gasteiger partial charge in [0, 0.05) is 13.1 Å². The zero-order valence-electron chi connectivity index (χ0n) is 8.49. The van der Waals surface area contributed by atoms with E-state index < -0.39 is 0 Å². The van der Waals surface area contributed by atoms with Gasteiger partial charge >= 0.3 is 0 Å². The number of nitrogens with zero attached hydrogens (tertiary/aromatic N) is 2. The summed E-state index contributed by atoms with van der Waals surface area (Å²) in [6.07, 6.45) is 2.03. The Hall–Kier alpha value is -0.610. The quantitative estimate of drug-likeness (QED) is 0.642. The van der Waals surface area contributed by atoms with Crippen LogP contribution in [-0.2, 0) is 4.79 Å². The molecule has 1 amide bonds. The van der Waals surface area contributed by atoms with E-state index in [-0.39, 0.29) is 11.9 Å². The predicted molar refractivity (Wildman–Crippen MR) is 52.3 cm³/mol. The van der Waals surface area contributed by atoms with E-state index in [1.54, 1.807) is 0 Å². The van der Waals surface area contributed by atoms with E-state index >= 15 is 0 Å². The lowest BCUT2D eigenvalue weighted by molar-refractivity contribution is -0.122. The molecule has 0 bridgehead atoms. The SMILES string of the molecule is CN(C)CCN1CCC[C@H]1C(N)=O. The summed E-state index contributed by atoms with van der Waals surface area (Å²) in [5, 5.41) is 0. The summed E-state index contributed by atoms with van der Waals surface area (Å²) in [5.74, 6) is -0.170. The van der Waals surface area contributed by atoms with Crippen molar-refractivity contribution >= 4 is 5.91 Å². The van der Waals surface area contributed by atoms with Gasteiger partial charge in [0.05, 0.1) is 6.04 Å². The standard InChI is InChI=1S/C9H19N3O/c1-11(2)6-7-12-5-3-4-8(12)9(10)13/h8H,3-7H2,1-2H3,(H2,10,13)/t8-/m0/s1. The number of nitrogens with two attached hydrogens (primary N) is 1. The van der Waals surface area contributed by atoms with Crippen molar-refractivity contribution in [2.24, 2.45) is 5.73 Å². The molecule has 0 aromatic heterocycles. The van der Waals surface area contributed by atoms with Crippen molar-refractivity contribution in [2.45, 2.75) is 18.9 Å². The summed E-state index contributed by atoms with van der Waals surface area (Å²) in [6.45, 7) is 2.95. The van der Waals surface area contributed by atoms with Crippen molar-refractivity contribution in [2.75, 3.05) is 33.7 Å². The highest BCUT2D eigenvalue weighted by Crippen LogP contribution is 2.15. The highest BCUT2D eigenvalue weighted by atomic mass is 16.1. The Kier molecular flexibility index (Phi) is 3.69. The molecule has 4 heteroatoms. The molecule has 0 aliphatic carbocycles. The second kappa shape index (κ2) is 4.58. The van der Waals surface area contributed by atoms with Crippen LogP contribution in [-0.4, -0.2) is 55.5 Å². The van der Waals surface area contributed by atoms with Crippen LogP contribution in [0.25, 0.3) is 0 Å². The number of amides is 1. The lowest BCUT2D eigenvalue weighted by atomic mass is 10.2. The van der Waals surface area contributed by atoms with Gasteiger partial charge in [0.1, 0.15) is 0 Å². The van der Waals surface area contributed by atoms with Gasteiger partial charge in [0.25, 0.3) is 0 Å². The Morgan fingerprint density at radius 1 is 1.62 bits per heavy atom. The Labute approximate surface area is 79.7 Å². The first kappa shape index (κ1) is 10.5. The van der Waals surface area contributed by atoms with Crippen LogP contribution >= 0.6 is 0 Å². The third kappa shape index (κ3) is 2.97. The fourth-order valence-corrected chi connectivity index (χ4v) is 1.74. The summed E-state index contributed by atoms with van der Waals surface area (Å²) in [4.78, 5) is 15.3. The largest absolute Gasteiger partial charge is 0.368 e. The minimum absolute atomic E-state index is 0.0139. The van der Waals surface area contributed by atoms with Gasteiger partial charge in [-0.15, -0.1) is 0 Å². The molecule has 0 saturated carbocycles. The van der Waals surface area contributed by atoms with Crippen molar-refractivity contribution in [3.8, 4) is 0 Å². The third-order valence-electron chi connectivity index (χ3n) is 2.53. The lowest BCUT2D eigenvalue weighted by Crippen LogP contribution is -2.42. The number of likely N-dealkylation sites (N-methyl/N-ethyl adjacent to an activating group) is 1. The summed E-state index contributed by atoms with van der Waals surface area (Å²) in [7, 11) is 4.07. The molecule has 1 rings (SSSR count). The van der Waals surface area contributed by atoms with Crippen LogP contribution in [0.1, 0.15) is 12.8 Å². The molecule has 0 radical (unpaired) electrons. The zero-order valence-corrected chi connectivity index (χ0v) is 8.49. The number of rotatable bonds is 4. The molecule has 1 saturated heterocycles. The third-order valence-corrected chi connectivity index (χ3v) is 2.53. The van der Waals surface area contributed by atoms with E-state index in [0.717, 1.165) is 32.5 Å². The Balaban J connectivity index is 2.35. The molecule has 0 aromatic carbocycles. The first-order valence-corrected chi connectivity index (χ1v) is 4.79. The molecule has 76 valence electrons. The first-order valence-electron chi connectivity index (χ1n) is 4.79. The molecule has 4 nitrogen and oxygen atoms in total. The van der Waals surface area contributed by atoms with Gasteiger partial charge in [-0.05, 0) is 33.5 Å². The van der Waals surface area contributed by atoms with Crippen LogP contribution in [0.2, 0.25) is 0 Å². The fraction of sp³-hybridized carbons (Fsp3) is 0.889. The van der Waals surface area contributed by atoms with Crippen LogP contribution < -0.4 is 5.73 Å². The molecule has 1 atom stereocenters. The minimum Gasteiger partial charge on any atom is -0.368 e. The zero-order chi connectivity index (χ0) is 9.84. The van der Waals surface area contributed by atoms with Crippen LogP contribution in [0.4, 0.5) is 0 Å².